The maximum atomic E-state index is 12.5. The lowest BCUT2D eigenvalue weighted by Crippen LogP contribution is -2.12. The number of amides is 1. The molecule has 0 aromatic heterocycles. The van der Waals surface area contributed by atoms with Crippen molar-refractivity contribution < 1.29 is 34.3 Å². The third-order valence-corrected chi connectivity index (χ3v) is 4.08. The number of anilines is 1. The van der Waals surface area contributed by atoms with Crippen LogP contribution >= 0.6 is 0 Å². The van der Waals surface area contributed by atoms with E-state index in [9.17, 15) is 34.7 Å². The van der Waals surface area contributed by atoms with E-state index in [0.29, 0.717) is 0 Å². The molecule has 1 amide bonds. The quantitative estimate of drug-likeness (QED) is 0.380. The first-order valence-corrected chi connectivity index (χ1v) is 8.69. The van der Waals surface area contributed by atoms with Crippen LogP contribution < -0.4 is 10.1 Å². The molecule has 0 unspecified atom stereocenters. The summed E-state index contributed by atoms with van der Waals surface area (Å²) in [5.41, 5.74) is -0.577. The zero-order valence-corrected chi connectivity index (χ0v) is 15.6. The van der Waals surface area contributed by atoms with Crippen LogP contribution in [-0.2, 0) is 0 Å². The van der Waals surface area contributed by atoms with Gasteiger partial charge in [0.25, 0.3) is 11.6 Å². The molecule has 0 heterocycles. The van der Waals surface area contributed by atoms with Crippen LogP contribution in [0.4, 0.5) is 11.4 Å². The van der Waals surface area contributed by atoms with E-state index in [-0.39, 0.29) is 39.6 Å². The highest BCUT2D eigenvalue weighted by molar-refractivity contribution is 6.05. The number of carboxylic acid groups (broad SMARTS) is 2. The second-order valence-corrected chi connectivity index (χ2v) is 6.22. The molecule has 3 rings (SSSR count). The van der Waals surface area contributed by atoms with Crippen molar-refractivity contribution in [2.75, 3.05) is 5.32 Å². The lowest BCUT2D eigenvalue weighted by molar-refractivity contribution is -0.384. The first-order valence-electron chi connectivity index (χ1n) is 8.69. The Morgan fingerprint density at radius 3 is 2.10 bits per heavy atom. The highest BCUT2D eigenvalue weighted by Crippen LogP contribution is 2.31. The number of rotatable bonds is 7. The van der Waals surface area contributed by atoms with Crippen molar-refractivity contribution in [1.82, 2.24) is 0 Å². The van der Waals surface area contributed by atoms with E-state index in [4.69, 9.17) is 4.74 Å². The molecule has 0 aliphatic heterocycles. The standard InChI is InChI=1S/C21H14N2O8/c24-19(12-4-3-5-15(9-12)23(29)30)22-17-6-1-2-7-18(17)31-16-10-13(20(25)26)8-14(11-16)21(27)28/h1-11H,(H,22,24)(H,25,26)(H,27,28). The maximum absolute atomic E-state index is 12.5. The Kier molecular flexibility index (Phi) is 5.92. The number of carbonyl (C=O) groups is 3. The molecule has 0 aliphatic rings. The van der Waals surface area contributed by atoms with Gasteiger partial charge in [-0.15, -0.1) is 0 Å². The SMILES string of the molecule is O=C(O)c1cc(Oc2ccccc2NC(=O)c2cccc([N+](=O)[O-])c2)cc(C(=O)O)c1. The van der Waals surface area contributed by atoms with Crippen LogP contribution in [-0.4, -0.2) is 33.0 Å². The average molecular weight is 422 g/mol. The number of non-ortho nitro benzene ring substituents is 1. The van der Waals surface area contributed by atoms with Crippen molar-refractivity contribution in [3.8, 4) is 11.5 Å². The number of nitro groups is 1. The predicted molar refractivity (Wildman–Crippen MR) is 108 cm³/mol. The third-order valence-electron chi connectivity index (χ3n) is 4.08. The summed E-state index contributed by atoms with van der Waals surface area (Å²) in [4.78, 5) is 45.4. The van der Waals surface area contributed by atoms with Gasteiger partial charge < -0.3 is 20.3 Å². The van der Waals surface area contributed by atoms with E-state index in [2.05, 4.69) is 5.32 Å². The molecule has 0 atom stereocenters. The summed E-state index contributed by atoms with van der Waals surface area (Å²) in [6.07, 6.45) is 0. The van der Waals surface area contributed by atoms with Crippen molar-refractivity contribution in [2.24, 2.45) is 0 Å². The van der Waals surface area contributed by atoms with Gasteiger partial charge in [-0.2, -0.15) is 0 Å². The highest BCUT2D eigenvalue weighted by Gasteiger charge is 2.16. The Balaban J connectivity index is 1.90. The van der Waals surface area contributed by atoms with Crippen molar-refractivity contribution >= 4 is 29.2 Å². The molecule has 156 valence electrons. The molecule has 10 nitrogen and oxygen atoms in total. The number of ether oxygens (including phenoxy) is 1. The summed E-state index contributed by atoms with van der Waals surface area (Å²) >= 11 is 0. The van der Waals surface area contributed by atoms with E-state index in [1.54, 1.807) is 12.1 Å². The molecule has 0 saturated heterocycles. The summed E-state index contributed by atoms with van der Waals surface area (Å²) < 4.78 is 5.64. The smallest absolute Gasteiger partial charge is 0.335 e. The van der Waals surface area contributed by atoms with E-state index in [1.165, 1.54) is 30.3 Å². The van der Waals surface area contributed by atoms with Crippen LogP contribution in [0.3, 0.4) is 0 Å². The number of nitrogens with one attached hydrogen (secondary N) is 1. The molecular weight excluding hydrogens is 408 g/mol. The predicted octanol–water partition coefficient (Wildman–Crippen LogP) is 4.04. The van der Waals surface area contributed by atoms with Gasteiger partial charge in [-0.25, -0.2) is 9.59 Å². The van der Waals surface area contributed by atoms with Gasteiger partial charge in [0.05, 0.1) is 21.7 Å². The van der Waals surface area contributed by atoms with E-state index in [1.807, 2.05) is 0 Å². The number of nitrogens with zero attached hydrogens (tertiary/aromatic N) is 1. The van der Waals surface area contributed by atoms with Gasteiger partial charge in [0, 0.05) is 17.7 Å². The summed E-state index contributed by atoms with van der Waals surface area (Å²) in [5, 5.41) is 31.9. The fourth-order valence-electron chi connectivity index (χ4n) is 2.65. The first kappa shape index (κ1) is 21.0. The van der Waals surface area contributed by atoms with Gasteiger partial charge in [-0.1, -0.05) is 18.2 Å². The number of para-hydroxylation sites is 2. The second-order valence-electron chi connectivity index (χ2n) is 6.22. The molecule has 10 heteroatoms. The van der Waals surface area contributed by atoms with Gasteiger partial charge in [-0.05, 0) is 36.4 Å². The van der Waals surface area contributed by atoms with Crippen LogP contribution in [0.25, 0.3) is 0 Å². The molecule has 3 aromatic carbocycles. The van der Waals surface area contributed by atoms with Crippen molar-refractivity contribution in [3.63, 3.8) is 0 Å². The van der Waals surface area contributed by atoms with Crippen molar-refractivity contribution in [1.29, 1.82) is 0 Å². The zero-order valence-electron chi connectivity index (χ0n) is 15.6. The molecule has 31 heavy (non-hydrogen) atoms. The zero-order chi connectivity index (χ0) is 22.5. The van der Waals surface area contributed by atoms with Crippen LogP contribution in [0.1, 0.15) is 31.1 Å². The molecular formula is C21H14N2O8. The summed E-state index contributed by atoms with van der Waals surface area (Å²) in [7, 11) is 0. The van der Waals surface area contributed by atoms with Gasteiger partial charge in [0.1, 0.15) is 5.75 Å². The summed E-state index contributed by atoms with van der Waals surface area (Å²) in [5.74, 6) is -3.25. The number of aromatic carboxylic acids is 2. The number of benzene rings is 3. The molecule has 0 saturated carbocycles. The van der Waals surface area contributed by atoms with Crippen LogP contribution in [0.5, 0.6) is 11.5 Å². The Labute approximate surface area is 174 Å². The van der Waals surface area contributed by atoms with Gasteiger partial charge in [-0.3, -0.25) is 14.9 Å². The Morgan fingerprint density at radius 2 is 1.48 bits per heavy atom. The molecule has 3 N–H and O–H groups in total. The minimum Gasteiger partial charge on any atom is -0.478 e. The molecule has 0 fully saturated rings. The number of carboxylic acids is 2. The number of hydrogen-bond donors (Lipinski definition) is 3. The monoisotopic (exact) mass is 422 g/mol. The molecule has 0 radical (unpaired) electrons. The maximum Gasteiger partial charge on any atom is 0.335 e. The first-order chi connectivity index (χ1) is 14.7. The number of hydrogen-bond acceptors (Lipinski definition) is 6. The normalized spacial score (nSPS) is 10.2. The second kappa shape index (κ2) is 8.74. The highest BCUT2D eigenvalue weighted by atomic mass is 16.6. The number of nitro benzene ring substituents is 1. The Hall–Kier alpha value is -4.73. The van der Waals surface area contributed by atoms with E-state index >= 15 is 0 Å². The molecule has 0 aliphatic carbocycles. The minimum absolute atomic E-state index is 0.0463. The molecule has 0 bridgehead atoms. The van der Waals surface area contributed by atoms with Crippen LogP contribution in [0.2, 0.25) is 0 Å². The number of carbonyl (C=O) groups excluding carboxylic acids is 1. The fourth-order valence-corrected chi connectivity index (χ4v) is 2.65. The van der Waals surface area contributed by atoms with Crippen LogP contribution in [0, 0.1) is 10.1 Å². The Morgan fingerprint density at radius 1 is 0.839 bits per heavy atom. The fraction of sp³-hybridized carbons (Fsp3) is 0. The topological polar surface area (TPSA) is 156 Å². The Bertz CT molecular complexity index is 1170. The minimum atomic E-state index is -1.33. The molecule has 0 spiro atoms. The van der Waals surface area contributed by atoms with Crippen LogP contribution in [0.15, 0.2) is 66.7 Å². The van der Waals surface area contributed by atoms with Gasteiger partial charge in [0.2, 0.25) is 0 Å². The van der Waals surface area contributed by atoms with Gasteiger partial charge >= 0.3 is 11.9 Å². The van der Waals surface area contributed by atoms with E-state index in [0.717, 1.165) is 24.3 Å². The summed E-state index contributed by atoms with van der Waals surface area (Å²) in [6, 6.07) is 14.6. The largest absolute Gasteiger partial charge is 0.478 e. The van der Waals surface area contributed by atoms with Crippen molar-refractivity contribution in [2.45, 2.75) is 0 Å². The van der Waals surface area contributed by atoms with Gasteiger partial charge in [0.15, 0.2) is 5.75 Å². The summed E-state index contributed by atoms with van der Waals surface area (Å²) in [6.45, 7) is 0. The lowest BCUT2D eigenvalue weighted by atomic mass is 10.1. The lowest BCUT2D eigenvalue weighted by Gasteiger charge is -2.13. The molecule has 3 aromatic rings. The average Bonchev–Trinajstić information content (AvgIpc) is 2.74. The van der Waals surface area contributed by atoms with Crippen molar-refractivity contribution in [3.05, 3.63) is 93.5 Å². The third kappa shape index (κ3) is 5.01. The van der Waals surface area contributed by atoms with E-state index < -0.39 is 22.8 Å².